The Balaban J connectivity index is 1.61. The molecule has 1 saturated heterocycles. The fourth-order valence-corrected chi connectivity index (χ4v) is 3.22. The maximum atomic E-state index is 12.5. The molecule has 0 bridgehead atoms. The van der Waals surface area contributed by atoms with Crippen LogP contribution in [0.2, 0.25) is 0 Å². The third-order valence-electron chi connectivity index (χ3n) is 4.54. The van der Waals surface area contributed by atoms with E-state index in [1.54, 1.807) is 0 Å². The molecule has 136 valence electrons. The largest absolute Gasteiger partial charge is 0.471 e. The quantitative estimate of drug-likeness (QED) is 0.859. The van der Waals surface area contributed by atoms with Crippen molar-refractivity contribution in [3.05, 3.63) is 29.8 Å². The molecule has 25 heavy (non-hydrogen) atoms. The third-order valence-corrected chi connectivity index (χ3v) is 4.54. The first-order valence-electron chi connectivity index (χ1n) is 8.45. The number of likely N-dealkylation sites (tertiary alicyclic amines) is 1. The second-order valence-electron chi connectivity index (χ2n) is 6.33. The van der Waals surface area contributed by atoms with Gasteiger partial charge in [0.2, 0.25) is 0 Å². The van der Waals surface area contributed by atoms with Gasteiger partial charge in [0.25, 0.3) is 0 Å². The highest BCUT2D eigenvalue weighted by atomic mass is 19.4. The van der Waals surface area contributed by atoms with Crippen LogP contribution < -0.4 is 10.6 Å². The number of piperidine rings is 1. The number of alkyl halides is 3. The summed E-state index contributed by atoms with van der Waals surface area (Å²) < 4.78 is 37.5. The molecule has 0 aliphatic carbocycles. The van der Waals surface area contributed by atoms with Gasteiger partial charge < -0.3 is 15.5 Å². The van der Waals surface area contributed by atoms with Gasteiger partial charge in [-0.3, -0.25) is 9.79 Å². The topological polar surface area (TPSA) is 56.7 Å². The lowest BCUT2D eigenvalue weighted by molar-refractivity contribution is -0.186. The fraction of sp³-hybridized carbons (Fsp3) is 0.529. The van der Waals surface area contributed by atoms with Crippen LogP contribution in [0.1, 0.15) is 30.7 Å². The van der Waals surface area contributed by atoms with Gasteiger partial charge in [-0.25, -0.2) is 0 Å². The zero-order chi connectivity index (χ0) is 17.9. The van der Waals surface area contributed by atoms with Crippen LogP contribution in [0, 0.1) is 0 Å². The van der Waals surface area contributed by atoms with Gasteiger partial charge in [0.15, 0.2) is 5.96 Å². The molecule has 0 spiro atoms. The first-order valence-corrected chi connectivity index (χ1v) is 8.45. The number of nitrogens with one attached hydrogen (secondary N) is 2. The summed E-state index contributed by atoms with van der Waals surface area (Å²) in [6.07, 6.45) is -2.71. The molecule has 2 aliphatic heterocycles. The molecular weight excluding hydrogens is 333 g/mol. The van der Waals surface area contributed by atoms with Crippen molar-refractivity contribution in [3.8, 4) is 0 Å². The highest BCUT2D eigenvalue weighted by Gasteiger charge is 2.43. The molecule has 2 heterocycles. The van der Waals surface area contributed by atoms with Crippen molar-refractivity contribution in [2.45, 2.75) is 31.4 Å². The van der Waals surface area contributed by atoms with Gasteiger partial charge in [0, 0.05) is 31.9 Å². The van der Waals surface area contributed by atoms with E-state index in [0.29, 0.717) is 12.8 Å². The molecule has 5 nitrogen and oxygen atoms in total. The standard InChI is InChI=1S/C17H21F3N4O/c18-17(19,20)15(25)24-9-5-12(6-10-24)13-3-1-4-14(11-13)23-16-21-7-2-8-22-16/h1,3-4,11-12H,2,5-10H2,(H2,21,22,23). The monoisotopic (exact) mass is 354 g/mol. The number of hydrogen-bond acceptors (Lipinski definition) is 4. The molecule has 0 aromatic heterocycles. The molecule has 2 N–H and O–H groups in total. The van der Waals surface area contributed by atoms with Crippen LogP contribution in [0.15, 0.2) is 29.3 Å². The number of halogens is 3. The van der Waals surface area contributed by atoms with Crippen molar-refractivity contribution in [2.75, 3.05) is 31.5 Å². The Labute approximate surface area is 144 Å². The van der Waals surface area contributed by atoms with Crippen LogP contribution >= 0.6 is 0 Å². The van der Waals surface area contributed by atoms with Crippen LogP contribution in [0.3, 0.4) is 0 Å². The average molecular weight is 354 g/mol. The van der Waals surface area contributed by atoms with E-state index >= 15 is 0 Å². The Bertz CT molecular complexity index is 652. The van der Waals surface area contributed by atoms with Crippen molar-refractivity contribution in [2.24, 2.45) is 4.99 Å². The molecule has 1 fully saturated rings. The first-order chi connectivity index (χ1) is 11.9. The number of carbonyl (C=O) groups is 1. The molecule has 0 radical (unpaired) electrons. The van der Waals surface area contributed by atoms with E-state index in [9.17, 15) is 18.0 Å². The lowest BCUT2D eigenvalue weighted by Gasteiger charge is -2.32. The van der Waals surface area contributed by atoms with Gasteiger partial charge in [-0.15, -0.1) is 0 Å². The number of carbonyl (C=O) groups excluding carboxylic acids is 1. The summed E-state index contributed by atoms with van der Waals surface area (Å²) in [5.41, 5.74) is 1.97. The Morgan fingerprint density at radius 2 is 2.04 bits per heavy atom. The zero-order valence-electron chi connectivity index (χ0n) is 13.8. The molecule has 2 aliphatic rings. The van der Waals surface area contributed by atoms with Gasteiger partial charge in [0.1, 0.15) is 0 Å². The minimum atomic E-state index is -4.79. The molecule has 0 unspecified atom stereocenters. The number of aliphatic imine (C=N–C) groups is 1. The van der Waals surface area contributed by atoms with E-state index in [2.05, 4.69) is 15.6 Å². The summed E-state index contributed by atoms with van der Waals surface area (Å²) in [6.45, 7) is 1.95. The van der Waals surface area contributed by atoms with Crippen LogP contribution in [0.25, 0.3) is 0 Å². The van der Waals surface area contributed by atoms with Gasteiger partial charge in [0.05, 0.1) is 0 Å². The van der Waals surface area contributed by atoms with E-state index in [1.807, 2.05) is 24.3 Å². The summed E-state index contributed by atoms with van der Waals surface area (Å²) in [6, 6.07) is 7.84. The number of anilines is 1. The van der Waals surface area contributed by atoms with E-state index < -0.39 is 12.1 Å². The van der Waals surface area contributed by atoms with Crippen LogP contribution in [-0.4, -0.2) is 49.1 Å². The molecule has 0 atom stereocenters. The maximum Gasteiger partial charge on any atom is 0.471 e. The third kappa shape index (κ3) is 4.43. The minimum Gasteiger partial charge on any atom is -0.356 e. The Hall–Kier alpha value is -2.25. The SMILES string of the molecule is O=C(N1CCC(c2cccc(NC3=NCCCN3)c2)CC1)C(F)(F)F. The second-order valence-corrected chi connectivity index (χ2v) is 6.33. The van der Waals surface area contributed by atoms with Crippen LogP contribution in [0.5, 0.6) is 0 Å². The maximum absolute atomic E-state index is 12.5. The average Bonchev–Trinajstić information content (AvgIpc) is 2.61. The molecule has 1 amide bonds. The van der Waals surface area contributed by atoms with E-state index in [1.165, 1.54) is 0 Å². The van der Waals surface area contributed by atoms with Crippen LogP contribution in [0.4, 0.5) is 18.9 Å². The number of amides is 1. The molecule has 8 heteroatoms. The highest BCUT2D eigenvalue weighted by molar-refractivity contribution is 5.94. The van der Waals surface area contributed by atoms with Crippen molar-refractivity contribution >= 4 is 17.6 Å². The van der Waals surface area contributed by atoms with Crippen molar-refractivity contribution in [1.82, 2.24) is 10.2 Å². The number of nitrogens with zero attached hydrogens (tertiary/aromatic N) is 2. The summed E-state index contributed by atoms with van der Waals surface area (Å²) in [4.78, 5) is 16.6. The number of guanidine groups is 1. The van der Waals surface area contributed by atoms with E-state index in [4.69, 9.17) is 0 Å². The molecule has 3 rings (SSSR count). The predicted molar refractivity (Wildman–Crippen MR) is 89.6 cm³/mol. The van der Waals surface area contributed by atoms with Crippen LogP contribution in [-0.2, 0) is 4.79 Å². The fourth-order valence-electron chi connectivity index (χ4n) is 3.22. The molecular formula is C17H21F3N4O. The van der Waals surface area contributed by atoms with E-state index in [-0.39, 0.29) is 19.0 Å². The lowest BCUT2D eigenvalue weighted by atomic mass is 9.89. The number of hydrogen-bond donors (Lipinski definition) is 2. The molecule has 1 aromatic rings. The Morgan fingerprint density at radius 1 is 1.28 bits per heavy atom. The first kappa shape index (κ1) is 17.6. The lowest BCUT2D eigenvalue weighted by Crippen LogP contribution is -2.45. The van der Waals surface area contributed by atoms with Gasteiger partial charge in [-0.2, -0.15) is 13.2 Å². The van der Waals surface area contributed by atoms with Crippen molar-refractivity contribution in [3.63, 3.8) is 0 Å². The van der Waals surface area contributed by atoms with Gasteiger partial charge in [-0.1, -0.05) is 12.1 Å². The molecule has 0 saturated carbocycles. The highest BCUT2D eigenvalue weighted by Crippen LogP contribution is 2.31. The van der Waals surface area contributed by atoms with Crippen molar-refractivity contribution < 1.29 is 18.0 Å². The number of benzene rings is 1. The second kappa shape index (κ2) is 7.33. The van der Waals surface area contributed by atoms with E-state index in [0.717, 1.165) is 41.6 Å². The summed E-state index contributed by atoms with van der Waals surface area (Å²) >= 11 is 0. The van der Waals surface area contributed by atoms with Gasteiger partial charge in [-0.05, 0) is 42.9 Å². The Kier molecular flexibility index (Phi) is 5.15. The minimum absolute atomic E-state index is 0.134. The smallest absolute Gasteiger partial charge is 0.356 e. The van der Waals surface area contributed by atoms with Gasteiger partial charge >= 0.3 is 12.1 Å². The van der Waals surface area contributed by atoms with Crippen molar-refractivity contribution in [1.29, 1.82) is 0 Å². The summed E-state index contributed by atoms with van der Waals surface area (Å²) in [5.74, 6) is -0.836. The Morgan fingerprint density at radius 3 is 2.68 bits per heavy atom. The number of rotatable bonds is 2. The summed E-state index contributed by atoms with van der Waals surface area (Å²) in [5, 5.41) is 6.42. The summed E-state index contributed by atoms with van der Waals surface area (Å²) in [7, 11) is 0. The normalized spacial score (nSPS) is 19.2. The predicted octanol–water partition coefficient (Wildman–Crippen LogP) is 2.72. The molecule has 1 aromatic carbocycles. The zero-order valence-corrected chi connectivity index (χ0v) is 13.8.